The van der Waals surface area contributed by atoms with Crippen molar-refractivity contribution in [2.75, 3.05) is 6.54 Å². The van der Waals surface area contributed by atoms with E-state index in [2.05, 4.69) is 16.7 Å². The molecule has 0 aliphatic heterocycles. The number of benzene rings is 1. The van der Waals surface area contributed by atoms with Crippen LogP contribution in [0.15, 0.2) is 24.3 Å². The molecule has 0 aromatic heterocycles. The van der Waals surface area contributed by atoms with Crippen LogP contribution in [0.3, 0.4) is 0 Å². The second-order valence-electron chi connectivity index (χ2n) is 7.40. The lowest BCUT2D eigenvalue weighted by molar-refractivity contribution is -0.124. The number of alkyl carbamates (subject to hydrolysis) is 1. The molecule has 0 radical (unpaired) electrons. The number of rotatable bonds is 6. The van der Waals surface area contributed by atoms with Crippen molar-refractivity contribution in [1.29, 1.82) is 0 Å². The fourth-order valence-electron chi connectivity index (χ4n) is 2.28. The van der Waals surface area contributed by atoms with Gasteiger partial charge in [-0.2, -0.15) is 0 Å². The summed E-state index contributed by atoms with van der Waals surface area (Å²) < 4.78 is 5.23. The van der Waals surface area contributed by atoms with E-state index in [1.54, 1.807) is 20.8 Å². The Morgan fingerprint density at radius 2 is 1.88 bits per heavy atom. The highest BCUT2D eigenvalue weighted by molar-refractivity contribution is 5.85. The first-order valence-corrected chi connectivity index (χ1v) is 8.41. The average Bonchev–Trinajstić information content (AvgIpc) is 2.42. The van der Waals surface area contributed by atoms with E-state index in [9.17, 15) is 9.59 Å². The van der Waals surface area contributed by atoms with Gasteiger partial charge in [-0.05, 0) is 45.6 Å². The van der Waals surface area contributed by atoms with Gasteiger partial charge in [0.1, 0.15) is 11.6 Å². The molecule has 0 fully saturated rings. The molecule has 0 aliphatic carbocycles. The Kier molecular flexibility index (Phi) is 7.26. The van der Waals surface area contributed by atoms with Crippen LogP contribution in [0.2, 0.25) is 0 Å². The maximum absolute atomic E-state index is 12.4. The molecule has 1 aromatic rings. The summed E-state index contributed by atoms with van der Waals surface area (Å²) in [5.41, 5.74) is 1.79. The summed E-state index contributed by atoms with van der Waals surface area (Å²) in [5, 5.41) is 5.55. The van der Waals surface area contributed by atoms with Gasteiger partial charge < -0.3 is 15.4 Å². The summed E-state index contributed by atoms with van der Waals surface area (Å²) in [6, 6.07) is 7.58. The van der Waals surface area contributed by atoms with Gasteiger partial charge in [0, 0.05) is 6.54 Å². The Morgan fingerprint density at radius 1 is 1.21 bits per heavy atom. The Morgan fingerprint density at radius 3 is 2.42 bits per heavy atom. The van der Waals surface area contributed by atoms with E-state index in [0.717, 1.165) is 6.42 Å². The van der Waals surface area contributed by atoms with Crippen molar-refractivity contribution in [3.63, 3.8) is 0 Å². The standard InChI is InChI=1S/C19H30N2O3/c1-13(2)16(21-18(23)24-19(4,5)6)17(22)20-11-10-15-9-7-8-14(3)12-15/h7-9,12-13,16H,10-11H2,1-6H3,(H,20,22)(H,21,23). The maximum atomic E-state index is 12.4. The number of carbonyl (C=O) groups excluding carboxylic acids is 2. The Hall–Kier alpha value is -2.04. The van der Waals surface area contributed by atoms with E-state index in [4.69, 9.17) is 4.74 Å². The highest BCUT2D eigenvalue weighted by atomic mass is 16.6. The topological polar surface area (TPSA) is 67.4 Å². The number of hydrogen-bond acceptors (Lipinski definition) is 3. The zero-order chi connectivity index (χ0) is 18.3. The summed E-state index contributed by atoms with van der Waals surface area (Å²) in [6.07, 6.45) is 0.181. The monoisotopic (exact) mass is 334 g/mol. The molecule has 0 saturated carbocycles. The minimum atomic E-state index is -0.614. The van der Waals surface area contributed by atoms with Crippen molar-refractivity contribution in [3.8, 4) is 0 Å². The van der Waals surface area contributed by atoms with E-state index < -0.39 is 17.7 Å². The zero-order valence-electron chi connectivity index (χ0n) is 15.6. The van der Waals surface area contributed by atoms with Crippen LogP contribution in [0.5, 0.6) is 0 Å². The molecule has 24 heavy (non-hydrogen) atoms. The van der Waals surface area contributed by atoms with Gasteiger partial charge in [0.05, 0.1) is 0 Å². The molecule has 0 heterocycles. The molecular formula is C19H30N2O3. The fraction of sp³-hybridized carbons (Fsp3) is 0.579. The summed E-state index contributed by atoms with van der Waals surface area (Å²) in [7, 11) is 0. The van der Waals surface area contributed by atoms with Crippen LogP contribution in [-0.2, 0) is 16.0 Å². The normalized spacial score (nSPS) is 12.6. The molecule has 0 bridgehead atoms. The third kappa shape index (κ3) is 7.49. The molecule has 2 N–H and O–H groups in total. The van der Waals surface area contributed by atoms with Crippen molar-refractivity contribution < 1.29 is 14.3 Å². The van der Waals surface area contributed by atoms with E-state index in [0.29, 0.717) is 6.54 Å². The smallest absolute Gasteiger partial charge is 0.408 e. The van der Waals surface area contributed by atoms with Gasteiger partial charge in [-0.1, -0.05) is 43.7 Å². The molecule has 0 spiro atoms. The van der Waals surface area contributed by atoms with E-state index in [1.165, 1.54) is 11.1 Å². The summed E-state index contributed by atoms with van der Waals surface area (Å²) in [5.74, 6) is -0.222. The molecular weight excluding hydrogens is 304 g/mol. The van der Waals surface area contributed by atoms with Gasteiger partial charge in [-0.15, -0.1) is 0 Å². The predicted octanol–water partition coefficient (Wildman–Crippen LogP) is 3.20. The van der Waals surface area contributed by atoms with E-state index in [-0.39, 0.29) is 11.8 Å². The minimum Gasteiger partial charge on any atom is -0.444 e. The number of carbonyl (C=O) groups is 2. The third-order valence-corrected chi connectivity index (χ3v) is 3.42. The molecule has 5 nitrogen and oxygen atoms in total. The Bertz CT molecular complexity index is 562. The lowest BCUT2D eigenvalue weighted by Crippen LogP contribution is -2.51. The van der Waals surface area contributed by atoms with E-state index in [1.807, 2.05) is 39.0 Å². The third-order valence-electron chi connectivity index (χ3n) is 3.42. The number of ether oxygens (including phenoxy) is 1. The molecule has 1 unspecified atom stereocenters. The molecule has 1 rings (SSSR count). The number of nitrogens with one attached hydrogen (secondary N) is 2. The summed E-state index contributed by atoms with van der Waals surface area (Å²) >= 11 is 0. The van der Waals surface area contributed by atoms with Gasteiger partial charge in [0.25, 0.3) is 0 Å². The molecule has 2 amide bonds. The molecule has 0 aliphatic rings. The fourth-order valence-corrected chi connectivity index (χ4v) is 2.28. The maximum Gasteiger partial charge on any atom is 0.408 e. The highest BCUT2D eigenvalue weighted by Crippen LogP contribution is 2.09. The molecule has 5 heteroatoms. The Balaban J connectivity index is 2.53. The van der Waals surface area contributed by atoms with Crippen LogP contribution in [0.4, 0.5) is 4.79 Å². The predicted molar refractivity (Wildman–Crippen MR) is 95.9 cm³/mol. The molecule has 0 saturated heterocycles. The Labute approximate surface area is 145 Å². The second kappa shape index (κ2) is 8.71. The SMILES string of the molecule is Cc1cccc(CCNC(=O)C(NC(=O)OC(C)(C)C)C(C)C)c1. The first-order valence-electron chi connectivity index (χ1n) is 8.41. The van der Waals surface area contributed by atoms with Gasteiger partial charge in [-0.3, -0.25) is 4.79 Å². The van der Waals surface area contributed by atoms with Crippen molar-refractivity contribution in [2.45, 2.75) is 59.6 Å². The van der Waals surface area contributed by atoms with Gasteiger partial charge >= 0.3 is 6.09 Å². The van der Waals surface area contributed by atoms with Crippen LogP contribution in [-0.4, -0.2) is 30.2 Å². The summed E-state index contributed by atoms with van der Waals surface area (Å²) in [6.45, 7) is 11.7. The molecule has 1 atom stereocenters. The largest absolute Gasteiger partial charge is 0.444 e. The van der Waals surface area contributed by atoms with Crippen LogP contribution in [0.25, 0.3) is 0 Å². The zero-order valence-corrected chi connectivity index (χ0v) is 15.6. The lowest BCUT2D eigenvalue weighted by atomic mass is 10.0. The quantitative estimate of drug-likeness (QED) is 0.839. The van der Waals surface area contributed by atoms with Crippen LogP contribution < -0.4 is 10.6 Å². The van der Waals surface area contributed by atoms with Gasteiger partial charge in [-0.25, -0.2) is 4.79 Å². The lowest BCUT2D eigenvalue weighted by Gasteiger charge is -2.25. The molecule has 134 valence electrons. The number of hydrogen-bond donors (Lipinski definition) is 2. The van der Waals surface area contributed by atoms with Gasteiger partial charge in [0.2, 0.25) is 5.91 Å². The first kappa shape index (κ1) is 20.0. The van der Waals surface area contributed by atoms with Gasteiger partial charge in [0.15, 0.2) is 0 Å². The van der Waals surface area contributed by atoms with Crippen molar-refractivity contribution in [1.82, 2.24) is 10.6 Å². The van der Waals surface area contributed by atoms with Crippen LogP contribution in [0.1, 0.15) is 45.7 Å². The minimum absolute atomic E-state index is 0.0310. The van der Waals surface area contributed by atoms with E-state index >= 15 is 0 Å². The average molecular weight is 334 g/mol. The number of aryl methyl sites for hydroxylation is 1. The number of amides is 2. The summed E-state index contributed by atoms with van der Waals surface area (Å²) in [4.78, 5) is 24.3. The van der Waals surface area contributed by atoms with Crippen molar-refractivity contribution >= 4 is 12.0 Å². The van der Waals surface area contributed by atoms with Crippen molar-refractivity contribution in [2.24, 2.45) is 5.92 Å². The molecule has 1 aromatic carbocycles. The second-order valence-corrected chi connectivity index (χ2v) is 7.40. The first-order chi connectivity index (χ1) is 11.1. The van der Waals surface area contributed by atoms with Crippen LogP contribution >= 0.6 is 0 Å². The highest BCUT2D eigenvalue weighted by Gasteiger charge is 2.26. The van der Waals surface area contributed by atoms with Crippen LogP contribution in [0, 0.1) is 12.8 Å². The van der Waals surface area contributed by atoms with Crippen molar-refractivity contribution in [3.05, 3.63) is 35.4 Å².